The first-order valence-corrected chi connectivity index (χ1v) is 8.25. The van der Waals surface area contributed by atoms with E-state index >= 15 is 0 Å². The van der Waals surface area contributed by atoms with Gasteiger partial charge in [0.15, 0.2) is 5.03 Å². The minimum Gasteiger partial charge on any atom is -0.276 e. The molecule has 5 nitrogen and oxygen atoms in total. The Balaban J connectivity index is 2.09. The minimum absolute atomic E-state index is 0.00886. The first-order chi connectivity index (χ1) is 10.5. The van der Waals surface area contributed by atoms with Gasteiger partial charge in [0.05, 0.1) is 11.2 Å². The predicted octanol–water partition coefficient (Wildman–Crippen LogP) is 3.05. The van der Waals surface area contributed by atoms with E-state index in [1.807, 2.05) is 38.1 Å². The average Bonchev–Trinajstić information content (AvgIpc) is 2.50. The number of hydrogen-bond acceptors (Lipinski definition) is 4. The average molecular weight is 313 g/mol. The van der Waals surface area contributed by atoms with Crippen LogP contribution >= 0.6 is 0 Å². The van der Waals surface area contributed by atoms with E-state index in [-0.39, 0.29) is 5.03 Å². The highest BCUT2D eigenvalue weighted by Crippen LogP contribution is 2.27. The van der Waals surface area contributed by atoms with E-state index in [1.165, 1.54) is 12.3 Å². The van der Waals surface area contributed by atoms with Crippen molar-refractivity contribution in [2.75, 3.05) is 4.72 Å². The lowest BCUT2D eigenvalue weighted by atomic mass is 10.1. The smallest absolute Gasteiger partial charge is 0.276 e. The lowest BCUT2D eigenvalue weighted by molar-refractivity contribution is 0.597. The molecule has 0 saturated carbocycles. The molecule has 1 aromatic carbocycles. The summed E-state index contributed by atoms with van der Waals surface area (Å²) in [5.41, 5.74) is 2.82. The summed E-state index contributed by atoms with van der Waals surface area (Å²) in [6, 6.07) is 10.7. The van der Waals surface area contributed by atoms with Crippen LogP contribution in [0.2, 0.25) is 0 Å². The Labute approximate surface area is 129 Å². The second-order valence-corrected chi connectivity index (χ2v) is 6.74. The van der Waals surface area contributed by atoms with Gasteiger partial charge in [-0.05, 0) is 37.1 Å². The number of sulfonamides is 1. The summed E-state index contributed by atoms with van der Waals surface area (Å²) >= 11 is 0. The zero-order valence-electron chi connectivity index (χ0n) is 12.2. The van der Waals surface area contributed by atoms with E-state index in [9.17, 15) is 8.42 Å². The van der Waals surface area contributed by atoms with Crippen molar-refractivity contribution in [1.82, 2.24) is 9.97 Å². The van der Waals surface area contributed by atoms with Crippen LogP contribution in [0.1, 0.15) is 11.1 Å². The SMILES string of the molecule is Cc1ccc(S(=O)(=O)Nc2c(C)ccc3cccnc23)nc1. The molecule has 3 rings (SSSR count). The molecule has 2 heterocycles. The van der Waals surface area contributed by atoms with Crippen molar-refractivity contribution < 1.29 is 8.42 Å². The maximum Gasteiger partial charge on any atom is 0.279 e. The second kappa shape index (κ2) is 5.38. The monoisotopic (exact) mass is 313 g/mol. The van der Waals surface area contributed by atoms with E-state index in [2.05, 4.69) is 14.7 Å². The molecule has 0 fully saturated rings. The standard InChI is InChI=1S/C16H15N3O2S/c1-11-5-8-14(18-10-11)22(20,21)19-15-12(2)6-7-13-4-3-9-17-16(13)15/h3-10,19H,1-2H3. The Kier molecular flexibility index (Phi) is 3.54. The van der Waals surface area contributed by atoms with Crippen molar-refractivity contribution in [1.29, 1.82) is 0 Å². The highest BCUT2D eigenvalue weighted by atomic mass is 32.2. The van der Waals surface area contributed by atoms with Crippen LogP contribution in [0.15, 0.2) is 53.8 Å². The van der Waals surface area contributed by atoms with Crippen molar-refractivity contribution in [2.24, 2.45) is 0 Å². The molecule has 112 valence electrons. The van der Waals surface area contributed by atoms with Gasteiger partial charge in [-0.2, -0.15) is 8.42 Å². The molecule has 0 aliphatic heterocycles. The fourth-order valence-electron chi connectivity index (χ4n) is 2.17. The lowest BCUT2D eigenvalue weighted by Crippen LogP contribution is -2.15. The van der Waals surface area contributed by atoms with E-state index in [0.29, 0.717) is 11.2 Å². The molecule has 6 heteroatoms. The van der Waals surface area contributed by atoms with Gasteiger partial charge >= 0.3 is 0 Å². The topological polar surface area (TPSA) is 72.0 Å². The zero-order chi connectivity index (χ0) is 15.7. The molecule has 0 radical (unpaired) electrons. The summed E-state index contributed by atoms with van der Waals surface area (Å²) in [7, 11) is -3.75. The predicted molar refractivity (Wildman–Crippen MR) is 86.3 cm³/mol. The first kappa shape index (κ1) is 14.5. The number of pyridine rings is 2. The maximum atomic E-state index is 12.5. The third-order valence-electron chi connectivity index (χ3n) is 3.38. The Bertz CT molecular complexity index is 935. The van der Waals surface area contributed by atoms with Crippen LogP contribution in [0.4, 0.5) is 5.69 Å². The van der Waals surface area contributed by atoms with E-state index in [1.54, 1.807) is 12.3 Å². The van der Waals surface area contributed by atoms with E-state index in [4.69, 9.17) is 0 Å². The molecule has 0 unspecified atom stereocenters. The van der Waals surface area contributed by atoms with Crippen molar-refractivity contribution in [2.45, 2.75) is 18.9 Å². The molecule has 0 saturated heterocycles. The number of aryl methyl sites for hydroxylation is 2. The minimum atomic E-state index is -3.75. The summed E-state index contributed by atoms with van der Waals surface area (Å²) in [4.78, 5) is 8.27. The van der Waals surface area contributed by atoms with Crippen molar-refractivity contribution in [3.05, 3.63) is 59.9 Å². The van der Waals surface area contributed by atoms with Crippen LogP contribution in [-0.2, 0) is 10.0 Å². The number of rotatable bonds is 3. The van der Waals surface area contributed by atoms with Gasteiger partial charge in [-0.3, -0.25) is 9.71 Å². The third-order valence-corrected chi connectivity index (χ3v) is 4.64. The van der Waals surface area contributed by atoms with E-state index in [0.717, 1.165) is 16.5 Å². The fourth-order valence-corrected chi connectivity index (χ4v) is 3.24. The van der Waals surface area contributed by atoms with Gasteiger partial charge in [-0.25, -0.2) is 4.98 Å². The van der Waals surface area contributed by atoms with Crippen LogP contribution < -0.4 is 4.72 Å². The number of fused-ring (bicyclic) bond motifs is 1. The number of benzene rings is 1. The van der Waals surface area contributed by atoms with Crippen LogP contribution in [0, 0.1) is 13.8 Å². The first-order valence-electron chi connectivity index (χ1n) is 6.77. The van der Waals surface area contributed by atoms with Gasteiger partial charge < -0.3 is 0 Å². The Morgan fingerprint density at radius 3 is 2.55 bits per heavy atom. The lowest BCUT2D eigenvalue weighted by Gasteiger charge is -2.12. The summed E-state index contributed by atoms with van der Waals surface area (Å²) in [5, 5.41) is 0.869. The van der Waals surface area contributed by atoms with Crippen LogP contribution in [0.25, 0.3) is 10.9 Å². The van der Waals surface area contributed by atoms with Gasteiger partial charge in [0.2, 0.25) is 0 Å². The van der Waals surface area contributed by atoms with Crippen LogP contribution in [-0.4, -0.2) is 18.4 Å². The zero-order valence-corrected chi connectivity index (χ0v) is 13.1. The molecule has 1 N–H and O–H groups in total. The Hall–Kier alpha value is -2.47. The van der Waals surface area contributed by atoms with Gasteiger partial charge in [0.1, 0.15) is 0 Å². The Morgan fingerprint density at radius 1 is 1.00 bits per heavy atom. The molecule has 0 amide bonds. The Morgan fingerprint density at radius 2 is 1.82 bits per heavy atom. The number of nitrogens with zero attached hydrogens (tertiary/aromatic N) is 2. The molecule has 0 spiro atoms. The molecular weight excluding hydrogens is 298 g/mol. The quantitative estimate of drug-likeness (QED) is 0.806. The maximum absolute atomic E-state index is 12.5. The number of nitrogens with one attached hydrogen (secondary N) is 1. The van der Waals surface area contributed by atoms with Crippen LogP contribution in [0.3, 0.4) is 0 Å². The number of anilines is 1. The largest absolute Gasteiger partial charge is 0.279 e. The molecule has 3 aromatic rings. The molecule has 22 heavy (non-hydrogen) atoms. The molecular formula is C16H15N3O2S. The summed E-state index contributed by atoms with van der Waals surface area (Å²) in [5.74, 6) is 0. The summed E-state index contributed by atoms with van der Waals surface area (Å²) in [6.07, 6.45) is 3.17. The molecule has 2 aromatic heterocycles. The fraction of sp³-hybridized carbons (Fsp3) is 0.125. The second-order valence-electron chi connectivity index (χ2n) is 5.11. The van der Waals surface area contributed by atoms with E-state index < -0.39 is 10.0 Å². The molecule has 0 bridgehead atoms. The summed E-state index contributed by atoms with van der Waals surface area (Å²) in [6.45, 7) is 3.70. The number of hydrogen-bond donors (Lipinski definition) is 1. The molecule has 0 atom stereocenters. The molecule has 0 aliphatic carbocycles. The molecule has 0 aliphatic rings. The van der Waals surface area contributed by atoms with Gasteiger partial charge in [-0.1, -0.05) is 24.3 Å². The normalized spacial score (nSPS) is 11.5. The van der Waals surface area contributed by atoms with Crippen molar-refractivity contribution >= 4 is 26.6 Å². The van der Waals surface area contributed by atoms with Gasteiger partial charge in [-0.15, -0.1) is 0 Å². The van der Waals surface area contributed by atoms with Gasteiger partial charge in [0.25, 0.3) is 10.0 Å². The van der Waals surface area contributed by atoms with Gasteiger partial charge in [0, 0.05) is 17.8 Å². The highest BCUT2D eigenvalue weighted by molar-refractivity contribution is 7.92. The third kappa shape index (κ3) is 2.65. The van der Waals surface area contributed by atoms with Crippen molar-refractivity contribution in [3.8, 4) is 0 Å². The number of aromatic nitrogens is 2. The highest BCUT2D eigenvalue weighted by Gasteiger charge is 2.18. The summed E-state index contributed by atoms with van der Waals surface area (Å²) < 4.78 is 27.6. The van der Waals surface area contributed by atoms with Crippen LogP contribution in [0.5, 0.6) is 0 Å². The van der Waals surface area contributed by atoms with Crippen molar-refractivity contribution in [3.63, 3.8) is 0 Å².